The maximum absolute atomic E-state index is 13.5. The van der Waals surface area contributed by atoms with Crippen LogP contribution in [0.3, 0.4) is 0 Å². The average molecular weight is 531 g/mol. The van der Waals surface area contributed by atoms with Crippen LogP contribution in [-0.2, 0) is 0 Å². The van der Waals surface area contributed by atoms with E-state index in [0.29, 0.717) is 38.8 Å². The minimum atomic E-state index is -0.208. The highest BCUT2D eigenvalue weighted by Gasteiger charge is 2.22. The second-order valence-electron chi connectivity index (χ2n) is 7.95. The van der Waals surface area contributed by atoms with Crippen LogP contribution in [0.1, 0.15) is 49.4 Å². The lowest BCUT2D eigenvalue weighted by Crippen LogP contribution is -2.25. The van der Waals surface area contributed by atoms with Crippen molar-refractivity contribution in [1.82, 2.24) is 9.66 Å². The van der Waals surface area contributed by atoms with Crippen LogP contribution >= 0.6 is 27.5 Å². The molecule has 0 atom stereocenters. The summed E-state index contributed by atoms with van der Waals surface area (Å²) in [6.45, 7) is 3.99. The number of aromatic nitrogens is 2. The molecule has 1 fully saturated rings. The molecule has 8 heteroatoms. The van der Waals surface area contributed by atoms with Crippen molar-refractivity contribution in [2.45, 2.75) is 38.0 Å². The monoisotopic (exact) mass is 529 g/mol. The van der Waals surface area contributed by atoms with E-state index < -0.39 is 0 Å². The third-order valence-electron chi connectivity index (χ3n) is 5.73. The van der Waals surface area contributed by atoms with Gasteiger partial charge in [-0.25, -0.2) is 4.98 Å². The molecule has 0 N–H and O–H groups in total. The summed E-state index contributed by atoms with van der Waals surface area (Å²) in [5.41, 5.74) is 1.06. The smallest absolute Gasteiger partial charge is 0.282 e. The standard InChI is InChI=1S/C25H25BrClN3O3/c1-3-11-33-23-17(12-19(27)14-22(23)32-2)15-28-30-24(16-7-5-4-6-8-16)29-21-10-9-18(26)13-20(21)25(30)31/h3,9-10,12-16H,1,4-8,11H2,2H3. The maximum atomic E-state index is 13.5. The number of ether oxygens (including phenoxy) is 2. The number of nitrogens with zero attached hydrogens (tertiary/aromatic N) is 3. The van der Waals surface area contributed by atoms with E-state index in [1.54, 1.807) is 37.6 Å². The maximum Gasteiger partial charge on any atom is 0.282 e. The zero-order valence-corrected chi connectivity index (χ0v) is 20.7. The predicted octanol–water partition coefficient (Wildman–Crippen LogP) is 6.32. The Labute approximate surface area is 206 Å². The van der Waals surface area contributed by atoms with Gasteiger partial charge in [-0.1, -0.05) is 59.4 Å². The first-order chi connectivity index (χ1) is 16.0. The molecule has 0 bridgehead atoms. The summed E-state index contributed by atoms with van der Waals surface area (Å²) in [7, 11) is 1.55. The molecule has 172 valence electrons. The molecule has 0 amide bonds. The number of methoxy groups -OCH3 is 1. The molecule has 6 nitrogen and oxygen atoms in total. The molecule has 1 saturated carbocycles. The Morgan fingerprint density at radius 3 is 2.79 bits per heavy atom. The van der Waals surface area contributed by atoms with Crippen molar-refractivity contribution in [2.75, 3.05) is 13.7 Å². The van der Waals surface area contributed by atoms with Gasteiger partial charge in [-0.05, 0) is 37.1 Å². The van der Waals surface area contributed by atoms with Crippen molar-refractivity contribution < 1.29 is 9.47 Å². The molecule has 0 unspecified atom stereocenters. The highest BCUT2D eigenvalue weighted by Crippen LogP contribution is 2.35. The van der Waals surface area contributed by atoms with Crippen LogP contribution < -0.4 is 15.0 Å². The van der Waals surface area contributed by atoms with Crippen LogP contribution in [0.4, 0.5) is 0 Å². The first-order valence-corrected chi connectivity index (χ1v) is 12.1. The first kappa shape index (κ1) is 23.5. The molecule has 1 aliphatic carbocycles. The zero-order chi connectivity index (χ0) is 23.4. The Morgan fingerprint density at radius 2 is 2.06 bits per heavy atom. The van der Waals surface area contributed by atoms with Crippen molar-refractivity contribution >= 4 is 44.6 Å². The Morgan fingerprint density at radius 1 is 1.27 bits per heavy atom. The van der Waals surface area contributed by atoms with Crippen molar-refractivity contribution in [1.29, 1.82) is 0 Å². The largest absolute Gasteiger partial charge is 0.493 e. The summed E-state index contributed by atoms with van der Waals surface area (Å²) in [5.74, 6) is 1.83. The van der Waals surface area contributed by atoms with Gasteiger partial charge in [-0.15, -0.1) is 0 Å². The Hall–Kier alpha value is -2.64. The van der Waals surface area contributed by atoms with E-state index in [4.69, 9.17) is 26.1 Å². The molecule has 1 aromatic heterocycles. The van der Waals surface area contributed by atoms with Crippen LogP contribution in [-0.4, -0.2) is 29.6 Å². The summed E-state index contributed by atoms with van der Waals surface area (Å²) < 4.78 is 13.5. The lowest BCUT2D eigenvalue weighted by molar-refractivity contribution is 0.326. The van der Waals surface area contributed by atoms with Gasteiger partial charge < -0.3 is 9.47 Å². The molecule has 1 heterocycles. The second kappa shape index (κ2) is 10.5. The molecule has 0 radical (unpaired) electrons. The fourth-order valence-electron chi connectivity index (χ4n) is 4.16. The number of rotatable bonds is 7. The summed E-state index contributed by atoms with van der Waals surface area (Å²) in [5, 5.41) is 5.58. The van der Waals surface area contributed by atoms with E-state index in [0.717, 1.165) is 30.2 Å². The molecule has 1 aliphatic rings. The Kier molecular flexibility index (Phi) is 7.50. The van der Waals surface area contributed by atoms with Gasteiger partial charge in [0.05, 0.1) is 24.2 Å². The van der Waals surface area contributed by atoms with Crippen LogP contribution in [0.5, 0.6) is 11.5 Å². The van der Waals surface area contributed by atoms with Crippen molar-refractivity contribution in [3.05, 3.63) is 74.2 Å². The zero-order valence-electron chi connectivity index (χ0n) is 18.4. The Balaban J connectivity index is 1.87. The van der Waals surface area contributed by atoms with Crippen LogP contribution in [0.15, 0.2) is 57.4 Å². The van der Waals surface area contributed by atoms with Crippen LogP contribution in [0, 0.1) is 0 Å². The molecule has 2 aromatic carbocycles. The number of fused-ring (bicyclic) bond motifs is 1. The number of halogens is 2. The molecule has 4 rings (SSSR count). The quantitative estimate of drug-likeness (QED) is 0.265. The summed E-state index contributed by atoms with van der Waals surface area (Å²) in [6, 6.07) is 8.94. The van der Waals surface area contributed by atoms with E-state index >= 15 is 0 Å². The van der Waals surface area contributed by atoms with Gasteiger partial charge >= 0.3 is 0 Å². The van der Waals surface area contributed by atoms with E-state index in [1.165, 1.54) is 11.1 Å². The van der Waals surface area contributed by atoms with Crippen LogP contribution in [0.2, 0.25) is 5.02 Å². The summed E-state index contributed by atoms with van der Waals surface area (Å²) in [6.07, 6.45) is 8.64. The molecule has 33 heavy (non-hydrogen) atoms. The van der Waals surface area contributed by atoms with E-state index in [9.17, 15) is 4.79 Å². The van der Waals surface area contributed by atoms with Gasteiger partial charge in [0.25, 0.3) is 5.56 Å². The van der Waals surface area contributed by atoms with Gasteiger partial charge in [-0.2, -0.15) is 9.78 Å². The minimum Gasteiger partial charge on any atom is -0.493 e. The summed E-state index contributed by atoms with van der Waals surface area (Å²) >= 11 is 9.74. The molecular formula is C25H25BrClN3O3. The van der Waals surface area contributed by atoms with Crippen molar-refractivity contribution in [3.63, 3.8) is 0 Å². The average Bonchev–Trinajstić information content (AvgIpc) is 2.83. The van der Waals surface area contributed by atoms with E-state index in [-0.39, 0.29) is 18.1 Å². The SMILES string of the molecule is C=CCOc1c(C=Nn2c(C3CCCCC3)nc3ccc(Br)cc3c2=O)cc(Cl)cc1OC. The fourth-order valence-corrected chi connectivity index (χ4v) is 4.73. The lowest BCUT2D eigenvalue weighted by Gasteiger charge is -2.22. The number of hydrogen-bond acceptors (Lipinski definition) is 5. The summed E-state index contributed by atoms with van der Waals surface area (Å²) in [4.78, 5) is 18.4. The van der Waals surface area contributed by atoms with Gasteiger partial charge in [0.1, 0.15) is 12.4 Å². The van der Waals surface area contributed by atoms with Gasteiger partial charge in [0.15, 0.2) is 11.5 Å². The third-order valence-corrected chi connectivity index (χ3v) is 6.44. The fraction of sp³-hybridized carbons (Fsp3) is 0.320. The highest BCUT2D eigenvalue weighted by atomic mass is 79.9. The van der Waals surface area contributed by atoms with Crippen molar-refractivity contribution in [2.24, 2.45) is 5.10 Å². The molecular weight excluding hydrogens is 506 g/mol. The molecule has 3 aromatic rings. The molecule has 0 aliphatic heterocycles. The highest BCUT2D eigenvalue weighted by molar-refractivity contribution is 9.10. The second-order valence-corrected chi connectivity index (χ2v) is 9.31. The van der Waals surface area contributed by atoms with Gasteiger partial charge in [0.2, 0.25) is 0 Å². The topological polar surface area (TPSA) is 65.7 Å². The molecule has 0 saturated heterocycles. The number of benzene rings is 2. The first-order valence-electron chi connectivity index (χ1n) is 10.9. The van der Waals surface area contributed by atoms with E-state index in [2.05, 4.69) is 27.6 Å². The minimum absolute atomic E-state index is 0.182. The van der Waals surface area contributed by atoms with Gasteiger partial charge in [0, 0.05) is 27.0 Å². The predicted molar refractivity (Wildman–Crippen MR) is 136 cm³/mol. The third kappa shape index (κ3) is 5.14. The lowest BCUT2D eigenvalue weighted by atomic mass is 9.88. The van der Waals surface area contributed by atoms with Crippen molar-refractivity contribution in [3.8, 4) is 11.5 Å². The molecule has 0 spiro atoms. The van der Waals surface area contributed by atoms with E-state index in [1.807, 2.05) is 12.1 Å². The number of hydrogen-bond donors (Lipinski definition) is 0. The van der Waals surface area contributed by atoms with Gasteiger partial charge in [-0.3, -0.25) is 4.79 Å². The normalized spacial score (nSPS) is 14.6. The van der Waals surface area contributed by atoms with Crippen LogP contribution in [0.25, 0.3) is 10.9 Å². The Bertz CT molecular complexity index is 1270.